The lowest BCUT2D eigenvalue weighted by Crippen LogP contribution is -2.03. The van der Waals surface area contributed by atoms with Crippen LogP contribution in [0.4, 0.5) is 4.39 Å². The van der Waals surface area contributed by atoms with Gasteiger partial charge in [0.15, 0.2) is 0 Å². The fourth-order valence-corrected chi connectivity index (χ4v) is 2.51. The van der Waals surface area contributed by atoms with Gasteiger partial charge >= 0.3 is 0 Å². The smallest absolute Gasteiger partial charge is 0.123 e. The molecule has 1 heterocycles. The molecule has 2 aromatic rings. The minimum absolute atomic E-state index is 0.0468. The molecule has 2 aromatic carbocycles. The number of hydrogen-bond acceptors (Lipinski definition) is 3. The van der Waals surface area contributed by atoms with Crippen molar-refractivity contribution < 1.29 is 19.0 Å². The Morgan fingerprint density at radius 2 is 1.91 bits per heavy atom. The van der Waals surface area contributed by atoms with Gasteiger partial charge in [-0.1, -0.05) is 30.3 Å². The third-order valence-corrected chi connectivity index (χ3v) is 3.83. The van der Waals surface area contributed by atoms with Gasteiger partial charge in [0.1, 0.15) is 24.3 Å². The zero-order valence-electron chi connectivity index (χ0n) is 12.2. The largest absolute Gasteiger partial charge is 0.489 e. The highest BCUT2D eigenvalue weighted by atomic mass is 19.1. The number of aryl methyl sites for hydroxylation is 1. The van der Waals surface area contributed by atoms with Crippen LogP contribution in [-0.2, 0) is 17.8 Å². The summed E-state index contributed by atoms with van der Waals surface area (Å²) in [6, 6.07) is 14.5. The van der Waals surface area contributed by atoms with E-state index in [9.17, 15) is 4.39 Å². The lowest BCUT2D eigenvalue weighted by molar-refractivity contribution is 0.241. The first-order valence-corrected chi connectivity index (χ1v) is 7.48. The first-order chi connectivity index (χ1) is 10.8. The van der Waals surface area contributed by atoms with Crippen molar-refractivity contribution in [2.75, 3.05) is 6.61 Å². The second-order valence-corrected chi connectivity index (χ2v) is 5.46. The highest BCUT2D eigenvalue weighted by Gasteiger charge is 2.37. The molecule has 0 aliphatic carbocycles. The molecule has 1 aliphatic heterocycles. The molecule has 2 atom stereocenters. The maximum atomic E-state index is 13.5. The van der Waals surface area contributed by atoms with Crippen LogP contribution in [0.2, 0.25) is 0 Å². The van der Waals surface area contributed by atoms with Gasteiger partial charge in [-0.25, -0.2) is 4.39 Å². The van der Waals surface area contributed by atoms with E-state index in [1.807, 2.05) is 30.3 Å². The van der Waals surface area contributed by atoms with E-state index in [1.54, 1.807) is 6.07 Å². The minimum atomic E-state index is -0.266. The highest BCUT2D eigenvalue weighted by Crippen LogP contribution is 2.29. The quantitative estimate of drug-likeness (QED) is 0.799. The van der Waals surface area contributed by atoms with E-state index < -0.39 is 0 Å². The van der Waals surface area contributed by atoms with E-state index in [0.29, 0.717) is 18.8 Å². The van der Waals surface area contributed by atoms with Gasteiger partial charge in [-0.15, -0.1) is 0 Å². The Morgan fingerprint density at radius 1 is 1.09 bits per heavy atom. The van der Waals surface area contributed by atoms with Crippen LogP contribution in [0.25, 0.3) is 0 Å². The van der Waals surface area contributed by atoms with Gasteiger partial charge in [-0.05, 0) is 42.2 Å². The summed E-state index contributed by atoms with van der Waals surface area (Å²) in [4.78, 5) is 0. The summed E-state index contributed by atoms with van der Waals surface area (Å²) >= 11 is 0. The molecule has 0 saturated carbocycles. The highest BCUT2D eigenvalue weighted by molar-refractivity contribution is 5.34. The summed E-state index contributed by atoms with van der Waals surface area (Å²) in [5, 5.41) is 8.97. The van der Waals surface area contributed by atoms with Crippen LogP contribution in [0, 0.1) is 5.82 Å². The third kappa shape index (κ3) is 3.84. The van der Waals surface area contributed by atoms with Crippen molar-refractivity contribution in [3.8, 4) is 5.75 Å². The second kappa shape index (κ2) is 6.90. The summed E-state index contributed by atoms with van der Waals surface area (Å²) in [6.07, 6.45) is 1.46. The molecular formula is C18H19FO3. The van der Waals surface area contributed by atoms with Crippen molar-refractivity contribution in [1.29, 1.82) is 0 Å². The van der Waals surface area contributed by atoms with Crippen molar-refractivity contribution in [2.24, 2.45) is 0 Å². The van der Waals surface area contributed by atoms with Crippen LogP contribution in [0.5, 0.6) is 5.75 Å². The van der Waals surface area contributed by atoms with Gasteiger partial charge in [-0.3, -0.25) is 0 Å². The van der Waals surface area contributed by atoms with Gasteiger partial charge < -0.3 is 14.6 Å². The van der Waals surface area contributed by atoms with E-state index in [1.165, 1.54) is 12.1 Å². The standard InChI is InChI=1S/C18H19FO3/c19-15-7-9-16(21-12-13-4-2-1-3-5-13)14(10-15)6-8-17-18(11-20)22-17/h1-5,7,9-10,17-18,20H,6,8,11-12H2/t17-,18+/m0/s1. The monoisotopic (exact) mass is 302 g/mol. The fraction of sp³-hybridized carbons (Fsp3) is 0.333. The molecule has 116 valence electrons. The molecule has 1 aliphatic rings. The molecule has 1 N–H and O–H groups in total. The molecule has 0 bridgehead atoms. The molecule has 0 unspecified atom stereocenters. The van der Waals surface area contributed by atoms with Crippen LogP contribution in [0.1, 0.15) is 17.5 Å². The van der Waals surface area contributed by atoms with Crippen LogP contribution < -0.4 is 4.74 Å². The number of halogens is 1. The van der Waals surface area contributed by atoms with Crippen molar-refractivity contribution in [3.63, 3.8) is 0 Å². The van der Waals surface area contributed by atoms with Crippen molar-refractivity contribution in [3.05, 3.63) is 65.5 Å². The van der Waals surface area contributed by atoms with E-state index in [0.717, 1.165) is 17.5 Å². The summed E-state index contributed by atoms with van der Waals surface area (Å²) < 4.78 is 24.6. The van der Waals surface area contributed by atoms with E-state index in [4.69, 9.17) is 14.6 Å². The van der Waals surface area contributed by atoms with Crippen LogP contribution in [-0.4, -0.2) is 23.9 Å². The summed E-state index contributed by atoms with van der Waals surface area (Å²) in [7, 11) is 0. The average Bonchev–Trinajstić information content (AvgIpc) is 3.31. The first-order valence-electron chi connectivity index (χ1n) is 7.48. The molecule has 4 heteroatoms. The molecule has 3 rings (SSSR count). The normalized spacial score (nSPS) is 19.9. The maximum Gasteiger partial charge on any atom is 0.123 e. The molecule has 0 radical (unpaired) electrons. The van der Waals surface area contributed by atoms with Crippen LogP contribution in [0.3, 0.4) is 0 Å². The summed E-state index contributed by atoms with van der Waals surface area (Å²) in [5.41, 5.74) is 1.91. The van der Waals surface area contributed by atoms with E-state index in [2.05, 4.69) is 0 Å². The minimum Gasteiger partial charge on any atom is -0.489 e. The van der Waals surface area contributed by atoms with Gasteiger partial charge in [0.25, 0.3) is 0 Å². The summed E-state index contributed by atoms with van der Waals surface area (Å²) in [5.74, 6) is 0.434. The zero-order valence-corrected chi connectivity index (χ0v) is 12.2. The molecule has 3 nitrogen and oxygen atoms in total. The predicted octanol–water partition coefficient (Wildman–Crippen LogP) is 3.10. The maximum absolute atomic E-state index is 13.5. The van der Waals surface area contributed by atoms with Crippen LogP contribution in [0.15, 0.2) is 48.5 Å². The number of rotatable bonds is 7. The number of benzene rings is 2. The van der Waals surface area contributed by atoms with E-state index in [-0.39, 0.29) is 24.6 Å². The SMILES string of the molecule is OC[C@H]1O[C@H]1CCc1cc(F)ccc1OCc1ccccc1. The Bertz CT molecular complexity index is 615. The van der Waals surface area contributed by atoms with Crippen LogP contribution >= 0.6 is 0 Å². The Kier molecular flexibility index (Phi) is 4.71. The number of epoxide rings is 1. The van der Waals surface area contributed by atoms with Crippen molar-refractivity contribution >= 4 is 0 Å². The van der Waals surface area contributed by atoms with Gasteiger partial charge in [-0.2, -0.15) is 0 Å². The van der Waals surface area contributed by atoms with Gasteiger partial charge in [0.05, 0.1) is 12.7 Å². The molecule has 1 saturated heterocycles. The molecule has 0 amide bonds. The molecule has 0 spiro atoms. The van der Waals surface area contributed by atoms with E-state index >= 15 is 0 Å². The van der Waals surface area contributed by atoms with Crippen molar-refractivity contribution in [2.45, 2.75) is 31.7 Å². The molecule has 0 aromatic heterocycles. The van der Waals surface area contributed by atoms with Gasteiger partial charge in [0, 0.05) is 0 Å². The Labute approximate surface area is 129 Å². The Balaban J connectivity index is 1.62. The lowest BCUT2D eigenvalue weighted by Gasteiger charge is -2.11. The number of hydrogen-bond donors (Lipinski definition) is 1. The Hall–Kier alpha value is -1.91. The summed E-state index contributed by atoms with van der Waals surface area (Å²) in [6.45, 7) is 0.504. The molecular weight excluding hydrogens is 283 g/mol. The molecule has 22 heavy (non-hydrogen) atoms. The first kappa shape index (κ1) is 15.0. The Morgan fingerprint density at radius 3 is 2.64 bits per heavy atom. The van der Waals surface area contributed by atoms with Crippen molar-refractivity contribution in [1.82, 2.24) is 0 Å². The third-order valence-electron chi connectivity index (χ3n) is 3.83. The number of aliphatic hydroxyl groups is 1. The zero-order chi connectivity index (χ0) is 15.4. The lowest BCUT2D eigenvalue weighted by atomic mass is 10.1. The fourth-order valence-electron chi connectivity index (χ4n) is 2.51. The predicted molar refractivity (Wildman–Crippen MR) is 81.2 cm³/mol. The number of ether oxygens (including phenoxy) is 2. The number of aliphatic hydroxyl groups excluding tert-OH is 1. The second-order valence-electron chi connectivity index (χ2n) is 5.46. The molecule has 1 fully saturated rings. The van der Waals surface area contributed by atoms with Gasteiger partial charge in [0.2, 0.25) is 0 Å². The average molecular weight is 302 g/mol. The topological polar surface area (TPSA) is 42.0 Å².